The quantitative estimate of drug-likeness (QED) is 0.675. The molecule has 1 saturated carbocycles. The molecule has 1 amide bonds. The van der Waals surface area contributed by atoms with Crippen LogP contribution in [0.15, 0.2) is 18.2 Å². The van der Waals surface area contributed by atoms with Crippen LogP contribution in [0.3, 0.4) is 0 Å². The maximum absolute atomic E-state index is 12.4. The van der Waals surface area contributed by atoms with Crippen molar-refractivity contribution in [3.8, 4) is 0 Å². The third kappa shape index (κ3) is 2.58. The first-order valence-corrected chi connectivity index (χ1v) is 9.36. The Labute approximate surface area is 151 Å². The highest BCUT2D eigenvalue weighted by Gasteiger charge is 2.37. The van der Waals surface area contributed by atoms with Crippen molar-refractivity contribution < 1.29 is 14.3 Å². The molecule has 26 heavy (non-hydrogen) atoms. The molecule has 2 bridgehead atoms. The highest BCUT2D eigenvalue weighted by atomic mass is 16.6. The summed E-state index contributed by atoms with van der Waals surface area (Å²) in [5.74, 6) is 0.376. The van der Waals surface area contributed by atoms with Crippen LogP contribution in [0.4, 0.5) is 4.79 Å². The largest absolute Gasteiger partial charge is 0.412 e. The summed E-state index contributed by atoms with van der Waals surface area (Å²) in [5, 5.41) is 5.37. The number of piperidine rings is 3. The van der Waals surface area contributed by atoms with Gasteiger partial charge in [-0.05, 0) is 68.3 Å². The zero-order chi connectivity index (χ0) is 17.8. The van der Waals surface area contributed by atoms with Crippen LogP contribution in [0.25, 0.3) is 10.9 Å². The first kappa shape index (κ1) is 15.8. The Morgan fingerprint density at radius 2 is 1.92 bits per heavy atom. The van der Waals surface area contributed by atoms with Gasteiger partial charge in [-0.2, -0.15) is 5.10 Å². The summed E-state index contributed by atoms with van der Waals surface area (Å²) in [5.41, 5.74) is 7.39. The second kappa shape index (κ2) is 5.81. The zero-order valence-corrected chi connectivity index (χ0v) is 14.6. The van der Waals surface area contributed by atoms with Gasteiger partial charge in [-0.25, -0.2) is 9.59 Å². The minimum Gasteiger partial charge on any atom is -0.371 e. The molecule has 1 aromatic heterocycles. The van der Waals surface area contributed by atoms with Gasteiger partial charge in [0.2, 0.25) is 0 Å². The fourth-order valence-corrected chi connectivity index (χ4v) is 4.58. The summed E-state index contributed by atoms with van der Waals surface area (Å²) >= 11 is 0. The molecule has 3 saturated heterocycles. The summed E-state index contributed by atoms with van der Waals surface area (Å²) in [6.07, 6.45) is 3.58. The Morgan fingerprint density at radius 1 is 1.15 bits per heavy atom. The fourth-order valence-electron chi connectivity index (χ4n) is 4.58. The Morgan fingerprint density at radius 3 is 2.54 bits per heavy atom. The number of hydrogen-bond acceptors (Lipinski definition) is 5. The lowest BCUT2D eigenvalue weighted by Gasteiger charge is -2.44. The van der Waals surface area contributed by atoms with E-state index in [2.05, 4.69) is 26.9 Å². The van der Waals surface area contributed by atoms with Gasteiger partial charge in [0.05, 0.1) is 11.6 Å². The minimum atomic E-state index is -1.10. The van der Waals surface area contributed by atoms with Gasteiger partial charge in [-0.15, -0.1) is 0 Å². The van der Waals surface area contributed by atoms with Crippen molar-refractivity contribution in [3.05, 3.63) is 29.5 Å². The van der Waals surface area contributed by atoms with Gasteiger partial charge in [-0.1, -0.05) is 6.07 Å². The summed E-state index contributed by atoms with van der Waals surface area (Å²) in [6, 6.07) is 6.49. The maximum Gasteiger partial charge on any atom is 0.412 e. The summed E-state index contributed by atoms with van der Waals surface area (Å²) in [6.45, 7) is 3.24. The van der Waals surface area contributed by atoms with Gasteiger partial charge >= 0.3 is 12.1 Å². The molecule has 4 heterocycles. The number of benzene rings is 1. The molecule has 2 aromatic rings. The summed E-state index contributed by atoms with van der Waals surface area (Å²) in [4.78, 5) is 25.9. The van der Waals surface area contributed by atoms with E-state index in [4.69, 9.17) is 5.73 Å². The van der Waals surface area contributed by atoms with E-state index in [1.54, 1.807) is 0 Å². The summed E-state index contributed by atoms with van der Waals surface area (Å²) < 4.78 is 6.62. The Hall–Kier alpha value is -2.41. The molecular formula is C19H22N4O3. The molecule has 6 rings (SSSR count). The van der Waals surface area contributed by atoms with Crippen LogP contribution in [0, 0.1) is 5.92 Å². The van der Waals surface area contributed by atoms with E-state index in [-0.39, 0.29) is 11.7 Å². The normalized spacial score (nSPS) is 27.6. The smallest absolute Gasteiger partial charge is 0.371 e. The fraction of sp³-hybridized carbons (Fsp3) is 0.526. The van der Waals surface area contributed by atoms with Crippen molar-refractivity contribution in [1.29, 1.82) is 0 Å². The highest BCUT2D eigenvalue weighted by molar-refractivity contribution is 6.05. The molecule has 7 heteroatoms. The Bertz CT molecular complexity index is 894. The standard InChI is InChI=1S/C19H22N4O3/c20-19(25)26-18(24)17-14-9-13(11-1-2-11)3-4-15(14)23(21-17)16-10-22-7-5-12(16)6-8-22/h3-4,9,11-12,16H,1-2,5-8,10H2,(H2,20,25)/t16-/m0/s1. The Balaban J connectivity index is 1.61. The molecule has 0 spiro atoms. The van der Waals surface area contributed by atoms with Gasteiger partial charge in [-0.3, -0.25) is 4.68 Å². The van der Waals surface area contributed by atoms with Crippen molar-refractivity contribution in [1.82, 2.24) is 14.7 Å². The molecule has 2 N–H and O–H groups in total. The van der Waals surface area contributed by atoms with E-state index in [1.807, 2.05) is 10.7 Å². The first-order valence-electron chi connectivity index (χ1n) is 9.36. The average Bonchev–Trinajstić information content (AvgIpc) is 3.42. The molecule has 3 aliphatic heterocycles. The van der Waals surface area contributed by atoms with E-state index in [1.165, 1.54) is 18.4 Å². The number of rotatable bonds is 3. The van der Waals surface area contributed by atoms with Crippen LogP contribution in [0.5, 0.6) is 0 Å². The van der Waals surface area contributed by atoms with Crippen LogP contribution < -0.4 is 5.73 Å². The van der Waals surface area contributed by atoms with Gasteiger partial charge < -0.3 is 15.4 Å². The topological polar surface area (TPSA) is 90.5 Å². The second-order valence-corrected chi connectivity index (χ2v) is 7.76. The van der Waals surface area contributed by atoms with Crippen LogP contribution in [-0.2, 0) is 4.74 Å². The highest BCUT2D eigenvalue weighted by Crippen LogP contribution is 2.42. The van der Waals surface area contributed by atoms with E-state index < -0.39 is 12.1 Å². The zero-order valence-electron chi connectivity index (χ0n) is 14.6. The molecule has 4 fully saturated rings. The van der Waals surface area contributed by atoms with E-state index in [9.17, 15) is 9.59 Å². The number of ether oxygens (including phenoxy) is 1. The van der Waals surface area contributed by atoms with Crippen molar-refractivity contribution >= 4 is 23.0 Å². The van der Waals surface area contributed by atoms with E-state index in [0.717, 1.165) is 43.4 Å². The number of aromatic nitrogens is 2. The summed E-state index contributed by atoms with van der Waals surface area (Å²) in [7, 11) is 0. The molecule has 1 aliphatic carbocycles. The lowest BCUT2D eigenvalue weighted by Crippen LogP contribution is -2.48. The van der Waals surface area contributed by atoms with Crippen LogP contribution >= 0.6 is 0 Å². The number of nitrogens with zero attached hydrogens (tertiary/aromatic N) is 3. The predicted octanol–water partition coefficient (Wildman–Crippen LogP) is 2.42. The third-order valence-electron chi connectivity index (χ3n) is 6.10. The van der Waals surface area contributed by atoms with Gasteiger partial charge in [0.25, 0.3) is 0 Å². The number of primary amides is 1. The van der Waals surface area contributed by atoms with E-state index in [0.29, 0.717) is 11.8 Å². The van der Waals surface area contributed by atoms with Gasteiger partial charge in [0.1, 0.15) is 0 Å². The molecule has 1 atom stereocenters. The SMILES string of the molecule is NC(=O)OC(=O)c1nn([C@H]2CN3CCC2CC3)c2ccc(C3CC3)cc12. The molecule has 4 aliphatic rings. The van der Waals surface area contributed by atoms with Crippen LogP contribution in [0.2, 0.25) is 0 Å². The first-order chi connectivity index (χ1) is 12.6. The number of amides is 1. The maximum atomic E-state index is 12.4. The number of fused-ring (bicyclic) bond motifs is 4. The third-order valence-corrected chi connectivity index (χ3v) is 6.10. The predicted molar refractivity (Wildman–Crippen MR) is 94.9 cm³/mol. The Kier molecular flexibility index (Phi) is 3.53. The van der Waals surface area contributed by atoms with Crippen LogP contribution in [-0.4, -0.2) is 46.4 Å². The number of nitrogens with two attached hydrogens (primary N) is 1. The number of carbonyl (C=O) groups is 2. The van der Waals surface area contributed by atoms with Crippen molar-refractivity contribution in [2.75, 3.05) is 19.6 Å². The minimum absolute atomic E-state index is 0.192. The average molecular weight is 354 g/mol. The lowest BCUT2D eigenvalue weighted by molar-refractivity contribution is 0.0518. The molecule has 7 nitrogen and oxygen atoms in total. The molecular weight excluding hydrogens is 332 g/mol. The van der Waals surface area contributed by atoms with Gasteiger partial charge in [0.15, 0.2) is 5.69 Å². The molecule has 0 unspecified atom stereocenters. The monoisotopic (exact) mass is 354 g/mol. The number of hydrogen-bond donors (Lipinski definition) is 1. The lowest BCUT2D eigenvalue weighted by atomic mass is 9.84. The van der Waals surface area contributed by atoms with Gasteiger partial charge in [0, 0.05) is 11.9 Å². The molecule has 1 aromatic carbocycles. The van der Waals surface area contributed by atoms with Crippen molar-refractivity contribution in [2.24, 2.45) is 11.7 Å². The van der Waals surface area contributed by atoms with E-state index >= 15 is 0 Å². The number of carbonyl (C=O) groups excluding carboxylic acids is 2. The second-order valence-electron chi connectivity index (χ2n) is 7.76. The van der Waals surface area contributed by atoms with Crippen molar-refractivity contribution in [3.63, 3.8) is 0 Å². The van der Waals surface area contributed by atoms with Crippen molar-refractivity contribution in [2.45, 2.75) is 37.6 Å². The van der Waals surface area contributed by atoms with Crippen LogP contribution in [0.1, 0.15) is 53.7 Å². The molecule has 136 valence electrons. The number of esters is 1. The molecule has 0 radical (unpaired) electrons.